The van der Waals surface area contributed by atoms with E-state index in [1.807, 2.05) is 48.0 Å². The van der Waals surface area contributed by atoms with Crippen molar-refractivity contribution < 1.29 is 13.7 Å². The molecule has 3 aromatic rings. The fourth-order valence-electron chi connectivity index (χ4n) is 2.53. The Bertz CT molecular complexity index is 783. The number of nitrogens with zero attached hydrogens (tertiary/aromatic N) is 1. The summed E-state index contributed by atoms with van der Waals surface area (Å²) in [4.78, 5) is 0. The van der Waals surface area contributed by atoms with Gasteiger partial charge in [0.05, 0.1) is 18.1 Å². The van der Waals surface area contributed by atoms with E-state index in [-0.39, 0.29) is 5.82 Å². The second-order valence-corrected chi connectivity index (χ2v) is 4.66. The molecule has 0 aliphatic rings. The number of hydrogen-bond donors (Lipinski definition) is 0. The minimum absolute atomic E-state index is 0.253. The van der Waals surface area contributed by atoms with Crippen LogP contribution in [0.25, 0.3) is 22.2 Å². The van der Waals surface area contributed by atoms with Crippen LogP contribution >= 0.6 is 0 Å². The number of fused-ring (bicyclic) bond motifs is 1. The molecule has 1 heterocycles. The fourth-order valence-corrected chi connectivity index (χ4v) is 2.53. The number of ether oxygens (including phenoxy) is 1. The largest absolute Gasteiger partial charge is 0.490 e. The molecule has 2 nitrogen and oxygen atoms in total. The molecule has 0 atom stereocenters. The lowest BCUT2D eigenvalue weighted by Crippen LogP contribution is -2.32. The van der Waals surface area contributed by atoms with Crippen LogP contribution in [0.5, 0.6) is 5.75 Å². The molecule has 0 amide bonds. The van der Waals surface area contributed by atoms with E-state index in [9.17, 15) is 4.39 Å². The Balaban J connectivity index is 2.40. The van der Waals surface area contributed by atoms with Crippen molar-refractivity contribution in [3.05, 3.63) is 60.4 Å². The summed E-state index contributed by atoms with van der Waals surface area (Å²) in [5.41, 5.74) is 2.31. The summed E-state index contributed by atoms with van der Waals surface area (Å²) in [6.45, 7) is 0. The van der Waals surface area contributed by atoms with Crippen molar-refractivity contribution in [1.82, 2.24) is 0 Å². The zero-order valence-electron chi connectivity index (χ0n) is 11.4. The molecule has 3 rings (SSSR count). The Labute approximate surface area is 117 Å². The van der Waals surface area contributed by atoms with Crippen LogP contribution in [-0.4, -0.2) is 7.11 Å². The van der Waals surface area contributed by atoms with Crippen LogP contribution in [0.1, 0.15) is 0 Å². The van der Waals surface area contributed by atoms with Crippen LogP contribution in [0, 0.1) is 5.82 Å². The van der Waals surface area contributed by atoms with Crippen molar-refractivity contribution in [1.29, 1.82) is 0 Å². The molecule has 1 aromatic heterocycles. The maximum Gasteiger partial charge on any atom is 0.258 e. The quantitative estimate of drug-likeness (QED) is 0.649. The van der Waals surface area contributed by atoms with Crippen LogP contribution in [0.2, 0.25) is 0 Å². The summed E-state index contributed by atoms with van der Waals surface area (Å²) in [6.07, 6.45) is 0. The number of halogens is 1. The zero-order valence-corrected chi connectivity index (χ0v) is 11.4. The summed E-state index contributed by atoms with van der Waals surface area (Å²) < 4.78 is 21.5. The van der Waals surface area contributed by atoms with Gasteiger partial charge in [0.1, 0.15) is 12.9 Å². The molecular formula is C17H15FNO+. The van der Waals surface area contributed by atoms with Gasteiger partial charge < -0.3 is 4.74 Å². The van der Waals surface area contributed by atoms with E-state index >= 15 is 0 Å². The molecule has 0 spiro atoms. The highest BCUT2D eigenvalue weighted by molar-refractivity contribution is 5.80. The smallest absolute Gasteiger partial charge is 0.258 e. The molecule has 0 radical (unpaired) electrons. The number of benzene rings is 2. The SMILES string of the molecule is COc1cc2ccccc2[n+](C)c1-c1ccccc1F. The first-order valence-electron chi connectivity index (χ1n) is 6.43. The third-order valence-electron chi connectivity index (χ3n) is 3.50. The second kappa shape index (κ2) is 4.93. The van der Waals surface area contributed by atoms with E-state index in [1.165, 1.54) is 6.07 Å². The van der Waals surface area contributed by atoms with Gasteiger partial charge in [-0.15, -0.1) is 0 Å². The summed E-state index contributed by atoms with van der Waals surface area (Å²) in [7, 11) is 3.53. The molecule has 0 saturated carbocycles. The van der Waals surface area contributed by atoms with Gasteiger partial charge in [0.2, 0.25) is 5.52 Å². The van der Waals surface area contributed by atoms with E-state index in [0.29, 0.717) is 11.3 Å². The highest BCUT2D eigenvalue weighted by atomic mass is 19.1. The van der Waals surface area contributed by atoms with Gasteiger partial charge in [-0.25, -0.2) is 4.39 Å². The molecule has 2 aromatic carbocycles. The van der Waals surface area contributed by atoms with Crippen molar-refractivity contribution in [2.24, 2.45) is 7.05 Å². The third-order valence-corrected chi connectivity index (χ3v) is 3.50. The third kappa shape index (κ3) is 1.92. The molecule has 20 heavy (non-hydrogen) atoms. The number of aromatic nitrogens is 1. The summed E-state index contributed by atoms with van der Waals surface area (Å²) in [6, 6.07) is 16.7. The average Bonchev–Trinajstić information content (AvgIpc) is 2.48. The Morgan fingerprint density at radius 1 is 1.00 bits per heavy atom. The maximum atomic E-state index is 14.1. The van der Waals surface area contributed by atoms with Gasteiger partial charge in [-0.2, -0.15) is 4.57 Å². The summed E-state index contributed by atoms with van der Waals surface area (Å²) in [5, 5.41) is 1.06. The van der Waals surface area contributed by atoms with E-state index in [0.717, 1.165) is 16.6 Å². The van der Waals surface area contributed by atoms with Crippen molar-refractivity contribution in [3.8, 4) is 17.0 Å². The molecule has 0 aliphatic heterocycles. The van der Waals surface area contributed by atoms with Gasteiger partial charge >= 0.3 is 0 Å². The van der Waals surface area contributed by atoms with Gasteiger partial charge in [-0.05, 0) is 18.2 Å². The first-order valence-corrected chi connectivity index (χ1v) is 6.43. The highest BCUT2D eigenvalue weighted by Gasteiger charge is 2.23. The molecule has 0 saturated heterocycles. The lowest BCUT2D eigenvalue weighted by Gasteiger charge is -2.09. The van der Waals surface area contributed by atoms with Gasteiger partial charge in [0.25, 0.3) is 5.69 Å². The zero-order chi connectivity index (χ0) is 14.1. The number of hydrogen-bond acceptors (Lipinski definition) is 1. The number of rotatable bonds is 2. The standard InChI is InChI=1S/C17H15FNO/c1-19-15-10-6-3-7-12(15)11-16(20-2)17(19)13-8-4-5-9-14(13)18/h3-11H,1-2H3/q+1. The Morgan fingerprint density at radius 2 is 1.70 bits per heavy atom. The van der Waals surface area contributed by atoms with E-state index in [1.54, 1.807) is 19.2 Å². The predicted molar refractivity (Wildman–Crippen MR) is 77.1 cm³/mol. The van der Waals surface area contributed by atoms with E-state index in [4.69, 9.17) is 4.74 Å². The average molecular weight is 268 g/mol. The summed E-state index contributed by atoms with van der Waals surface area (Å²) >= 11 is 0. The topological polar surface area (TPSA) is 13.1 Å². The Morgan fingerprint density at radius 3 is 2.45 bits per heavy atom. The molecule has 0 unspecified atom stereocenters. The van der Waals surface area contributed by atoms with Crippen LogP contribution in [-0.2, 0) is 7.05 Å². The number of pyridine rings is 1. The van der Waals surface area contributed by atoms with Gasteiger partial charge in [0.15, 0.2) is 5.75 Å². The Hall–Kier alpha value is -2.42. The van der Waals surface area contributed by atoms with Gasteiger partial charge in [-0.3, -0.25) is 0 Å². The fraction of sp³-hybridized carbons (Fsp3) is 0.118. The van der Waals surface area contributed by atoms with Crippen molar-refractivity contribution in [2.45, 2.75) is 0 Å². The highest BCUT2D eigenvalue weighted by Crippen LogP contribution is 2.31. The molecule has 0 aliphatic carbocycles. The molecule has 0 N–H and O–H groups in total. The van der Waals surface area contributed by atoms with Crippen LogP contribution in [0.15, 0.2) is 54.6 Å². The van der Waals surface area contributed by atoms with Crippen molar-refractivity contribution in [2.75, 3.05) is 7.11 Å². The Kier molecular flexibility index (Phi) is 3.11. The van der Waals surface area contributed by atoms with E-state index < -0.39 is 0 Å². The molecule has 3 heteroatoms. The molecule has 100 valence electrons. The number of methoxy groups -OCH3 is 1. The number of para-hydroxylation sites is 1. The first-order chi connectivity index (χ1) is 9.72. The minimum Gasteiger partial charge on any atom is -0.490 e. The predicted octanol–water partition coefficient (Wildman–Crippen LogP) is 3.48. The molecule has 0 fully saturated rings. The monoisotopic (exact) mass is 268 g/mol. The van der Waals surface area contributed by atoms with Crippen molar-refractivity contribution in [3.63, 3.8) is 0 Å². The molecule has 0 bridgehead atoms. The molecular weight excluding hydrogens is 253 g/mol. The van der Waals surface area contributed by atoms with Gasteiger partial charge in [0, 0.05) is 12.1 Å². The van der Waals surface area contributed by atoms with Crippen LogP contribution in [0.3, 0.4) is 0 Å². The lowest BCUT2D eigenvalue weighted by molar-refractivity contribution is -0.633. The first kappa shape index (κ1) is 12.6. The number of aryl methyl sites for hydroxylation is 1. The van der Waals surface area contributed by atoms with Crippen LogP contribution < -0.4 is 9.30 Å². The normalized spacial score (nSPS) is 10.8. The van der Waals surface area contributed by atoms with Crippen molar-refractivity contribution >= 4 is 10.9 Å². The summed E-state index contributed by atoms with van der Waals surface area (Å²) in [5.74, 6) is 0.410. The van der Waals surface area contributed by atoms with E-state index in [2.05, 4.69) is 0 Å². The lowest BCUT2D eigenvalue weighted by atomic mass is 10.1. The van der Waals surface area contributed by atoms with Gasteiger partial charge in [-0.1, -0.05) is 24.3 Å². The maximum absolute atomic E-state index is 14.1. The minimum atomic E-state index is -0.253. The second-order valence-electron chi connectivity index (χ2n) is 4.66. The van der Waals surface area contributed by atoms with Crippen LogP contribution in [0.4, 0.5) is 4.39 Å².